The van der Waals surface area contributed by atoms with E-state index in [1.165, 1.54) is 12.8 Å². The van der Waals surface area contributed by atoms with Crippen LogP contribution in [0.15, 0.2) is 23.3 Å². The van der Waals surface area contributed by atoms with Crippen molar-refractivity contribution in [2.24, 2.45) is 11.0 Å². The normalized spacial score (nSPS) is 13.7. The minimum atomic E-state index is 0.0837. The molecule has 1 aromatic carbocycles. The van der Waals surface area contributed by atoms with E-state index in [1.807, 2.05) is 25.1 Å². The molecule has 0 aromatic heterocycles. The van der Waals surface area contributed by atoms with Gasteiger partial charge in [-0.3, -0.25) is 5.41 Å². The number of hydrogen-bond acceptors (Lipinski definition) is 2. The molecule has 0 bridgehead atoms. The van der Waals surface area contributed by atoms with Crippen LogP contribution >= 0.6 is 0 Å². The Morgan fingerprint density at radius 1 is 1.47 bits per heavy atom. The molecule has 1 aliphatic carbocycles. The Kier molecular flexibility index (Phi) is 3.34. The fraction of sp³-hybridized carbons (Fsp3) is 0.357. The van der Waals surface area contributed by atoms with Gasteiger partial charge in [-0.2, -0.15) is 0 Å². The third-order valence-electron chi connectivity index (χ3n) is 2.84. The summed E-state index contributed by atoms with van der Waals surface area (Å²) in [5, 5.41) is 10.6. The molecule has 0 saturated heterocycles. The molecule has 0 radical (unpaired) electrons. The molecule has 0 atom stereocenters. The molecule has 3 nitrogen and oxygen atoms in total. The molecule has 17 heavy (non-hydrogen) atoms. The number of nitrogens with zero attached hydrogens (tertiary/aromatic N) is 1. The highest BCUT2D eigenvalue weighted by Crippen LogP contribution is 2.27. The molecule has 1 fully saturated rings. The van der Waals surface area contributed by atoms with Crippen molar-refractivity contribution in [3.8, 4) is 11.8 Å². The second-order valence-electron chi connectivity index (χ2n) is 4.42. The van der Waals surface area contributed by atoms with Gasteiger partial charge in [0.1, 0.15) is 5.84 Å². The van der Waals surface area contributed by atoms with Crippen LogP contribution < -0.4 is 0 Å². The van der Waals surface area contributed by atoms with Gasteiger partial charge in [0, 0.05) is 17.9 Å². The molecule has 1 aromatic rings. The quantitative estimate of drug-likeness (QED) is 0.336. The van der Waals surface area contributed by atoms with Gasteiger partial charge in [0.05, 0.1) is 0 Å². The summed E-state index contributed by atoms with van der Waals surface area (Å²) in [6, 6.07) is 6.03. The van der Waals surface area contributed by atoms with Gasteiger partial charge in [-0.05, 0) is 43.0 Å². The van der Waals surface area contributed by atoms with Crippen molar-refractivity contribution in [2.45, 2.75) is 26.2 Å². The molecule has 2 rings (SSSR count). The average molecular weight is 225 g/mol. The van der Waals surface area contributed by atoms with E-state index in [2.05, 4.69) is 17.0 Å². The van der Waals surface area contributed by atoms with Gasteiger partial charge < -0.3 is 0 Å². The number of nitrogens with one attached hydrogen (secondary N) is 2. The monoisotopic (exact) mass is 225 g/mol. The molecular formula is C14H15N3. The van der Waals surface area contributed by atoms with Crippen LogP contribution in [0.3, 0.4) is 0 Å². The van der Waals surface area contributed by atoms with Crippen LogP contribution in [0.5, 0.6) is 0 Å². The van der Waals surface area contributed by atoms with E-state index >= 15 is 0 Å². The van der Waals surface area contributed by atoms with E-state index in [1.54, 1.807) is 0 Å². The van der Waals surface area contributed by atoms with Crippen LogP contribution in [0.25, 0.3) is 0 Å². The Morgan fingerprint density at radius 3 is 2.88 bits per heavy atom. The maximum Gasteiger partial charge on any atom is 0.147 e. The van der Waals surface area contributed by atoms with Crippen molar-refractivity contribution >= 4 is 5.84 Å². The third kappa shape index (κ3) is 3.25. The Labute approximate surface area is 101 Å². The van der Waals surface area contributed by atoms with Crippen LogP contribution in [-0.2, 0) is 6.42 Å². The topological polar surface area (TPSA) is 60.1 Å². The zero-order valence-electron chi connectivity index (χ0n) is 9.88. The first kappa shape index (κ1) is 11.5. The number of hydrogen-bond donors (Lipinski definition) is 2. The SMILES string of the molecule is Cc1ccc(C#CC2CC2)cc1CC(=N)N=N. The van der Waals surface area contributed by atoms with Crippen LogP contribution in [0.2, 0.25) is 0 Å². The highest BCUT2D eigenvalue weighted by Gasteiger charge is 2.17. The zero-order valence-corrected chi connectivity index (χ0v) is 9.88. The minimum Gasteiger partial charge on any atom is -0.285 e. The van der Waals surface area contributed by atoms with E-state index in [0.717, 1.165) is 16.7 Å². The fourth-order valence-corrected chi connectivity index (χ4v) is 1.57. The number of amidine groups is 1. The summed E-state index contributed by atoms with van der Waals surface area (Å²) in [6.07, 6.45) is 2.87. The first-order valence-electron chi connectivity index (χ1n) is 5.75. The summed E-state index contributed by atoms with van der Waals surface area (Å²) in [5.74, 6) is 7.07. The highest BCUT2D eigenvalue weighted by atomic mass is 15.0. The number of benzene rings is 1. The van der Waals surface area contributed by atoms with Crippen molar-refractivity contribution in [2.75, 3.05) is 0 Å². The first-order valence-corrected chi connectivity index (χ1v) is 5.75. The van der Waals surface area contributed by atoms with E-state index in [0.29, 0.717) is 12.3 Å². The Morgan fingerprint density at radius 2 is 2.24 bits per heavy atom. The molecular weight excluding hydrogens is 210 g/mol. The summed E-state index contributed by atoms with van der Waals surface area (Å²) in [7, 11) is 0. The summed E-state index contributed by atoms with van der Waals surface area (Å²) in [6.45, 7) is 2.00. The van der Waals surface area contributed by atoms with Crippen molar-refractivity contribution < 1.29 is 0 Å². The Hall–Kier alpha value is -1.95. The molecule has 0 amide bonds. The lowest BCUT2D eigenvalue weighted by atomic mass is 10.0. The van der Waals surface area contributed by atoms with E-state index in [-0.39, 0.29) is 5.84 Å². The van der Waals surface area contributed by atoms with Gasteiger partial charge in [-0.1, -0.05) is 17.9 Å². The van der Waals surface area contributed by atoms with Crippen molar-refractivity contribution in [3.63, 3.8) is 0 Å². The molecule has 2 N–H and O–H groups in total. The maximum absolute atomic E-state index is 7.43. The second-order valence-corrected chi connectivity index (χ2v) is 4.42. The molecule has 86 valence electrons. The number of aryl methyl sites for hydroxylation is 1. The standard InChI is InChI=1S/C14H15N3/c1-10-2-3-12(7-6-11-4-5-11)8-13(10)9-14(15)17-16/h2-3,8,11,15-16H,4-5,9H2,1H3. The molecule has 3 heteroatoms. The van der Waals surface area contributed by atoms with Crippen molar-refractivity contribution in [3.05, 3.63) is 34.9 Å². The Balaban J connectivity index is 2.19. The van der Waals surface area contributed by atoms with Gasteiger partial charge in [0.2, 0.25) is 0 Å². The van der Waals surface area contributed by atoms with Gasteiger partial charge >= 0.3 is 0 Å². The summed E-state index contributed by atoms with van der Waals surface area (Å²) < 4.78 is 0. The van der Waals surface area contributed by atoms with Crippen molar-refractivity contribution in [1.29, 1.82) is 10.9 Å². The molecule has 1 aliphatic rings. The van der Waals surface area contributed by atoms with Crippen molar-refractivity contribution in [1.82, 2.24) is 0 Å². The Bertz CT molecular complexity index is 516. The molecule has 0 spiro atoms. The van der Waals surface area contributed by atoms with E-state index in [4.69, 9.17) is 10.9 Å². The summed E-state index contributed by atoms with van der Waals surface area (Å²) in [5.41, 5.74) is 9.95. The lowest BCUT2D eigenvalue weighted by Gasteiger charge is -2.04. The molecule has 0 unspecified atom stereocenters. The van der Waals surface area contributed by atoms with Crippen LogP contribution in [0.1, 0.15) is 29.5 Å². The molecule has 0 heterocycles. The highest BCUT2D eigenvalue weighted by molar-refractivity contribution is 5.81. The van der Waals surface area contributed by atoms with Gasteiger partial charge in [0.25, 0.3) is 0 Å². The lowest BCUT2D eigenvalue weighted by molar-refractivity contribution is 1.10. The fourth-order valence-electron chi connectivity index (χ4n) is 1.57. The van der Waals surface area contributed by atoms with Gasteiger partial charge in [-0.25, -0.2) is 5.53 Å². The first-order chi connectivity index (χ1) is 8.19. The van der Waals surface area contributed by atoms with Crippen LogP contribution in [0.4, 0.5) is 0 Å². The van der Waals surface area contributed by atoms with Crippen LogP contribution in [-0.4, -0.2) is 5.84 Å². The maximum atomic E-state index is 7.43. The molecule has 0 aliphatic heterocycles. The average Bonchev–Trinajstić information content (AvgIpc) is 3.14. The predicted octanol–water partition coefficient (Wildman–Crippen LogP) is 3.31. The van der Waals surface area contributed by atoms with Gasteiger partial charge in [-0.15, -0.1) is 5.11 Å². The van der Waals surface area contributed by atoms with Gasteiger partial charge in [0.15, 0.2) is 0 Å². The van der Waals surface area contributed by atoms with Crippen LogP contribution in [0, 0.1) is 35.6 Å². The third-order valence-corrected chi connectivity index (χ3v) is 2.84. The number of rotatable bonds is 2. The second kappa shape index (κ2) is 4.92. The summed E-state index contributed by atoms with van der Waals surface area (Å²) in [4.78, 5) is 0. The molecule has 1 saturated carbocycles. The lowest BCUT2D eigenvalue weighted by Crippen LogP contribution is -1.99. The van der Waals surface area contributed by atoms with E-state index < -0.39 is 0 Å². The zero-order chi connectivity index (χ0) is 12.3. The largest absolute Gasteiger partial charge is 0.285 e. The van der Waals surface area contributed by atoms with E-state index in [9.17, 15) is 0 Å². The smallest absolute Gasteiger partial charge is 0.147 e. The summed E-state index contributed by atoms with van der Waals surface area (Å²) >= 11 is 0. The predicted molar refractivity (Wildman–Crippen MR) is 67.4 cm³/mol. The minimum absolute atomic E-state index is 0.0837.